The van der Waals surface area contributed by atoms with Crippen molar-refractivity contribution in [2.75, 3.05) is 0 Å². The number of nitrogens with zero attached hydrogens (tertiary/aromatic N) is 1. The highest BCUT2D eigenvalue weighted by atomic mass is 19.2. The molecule has 21 heavy (non-hydrogen) atoms. The maximum absolute atomic E-state index is 13.6. The Morgan fingerprint density at radius 1 is 1.48 bits per heavy atom. The van der Waals surface area contributed by atoms with Gasteiger partial charge in [-0.15, -0.1) is 0 Å². The molecule has 0 aromatic carbocycles. The third-order valence-corrected chi connectivity index (χ3v) is 3.85. The van der Waals surface area contributed by atoms with Crippen molar-refractivity contribution >= 4 is 11.9 Å². The predicted molar refractivity (Wildman–Crippen MR) is 69.6 cm³/mol. The molecule has 1 heterocycles. The summed E-state index contributed by atoms with van der Waals surface area (Å²) in [5.74, 6) is -4.72. The van der Waals surface area contributed by atoms with E-state index >= 15 is 0 Å². The number of carboxylic acid groups (broad SMARTS) is 1. The van der Waals surface area contributed by atoms with Crippen LogP contribution >= 0.6 is 0 Å². The number of hydrogen-bond acceptors (Lipinski definition) is 3. The van der Waals surface area contributed by atoms with Crippen molar-refractivity contribution in [3.8, 4) is 0 Å². The Bertz CT molecular complexity index is 579. The van der Waals surface area contributed by atoms with Crippen LogP contribution in [0.5, 0.6) is 0 Å². The van der Waals surface area contributed by atoms with E-state index in [1.807, 2.05) is 6.92 Å². The first-order chi connectivity index (χ1) is 9.85. The molecule has 0 saturated heterocycles. The van der Waals surface area contributed by atoms with E-state index in [4.69, 9.17) is 0 Å². The van der Waals surface area contributed by atoms with Crippen LogP contribution in [0.4, 0.5) is 8.78 Å². The van der Waals surface area contributed by atoms with Gasteiger partial charge in [-0.05, 0) is 24.8 Å². The fraction of sp³-hybridized carbons (Fsp3) is 0.500. The molecule has 0 aliphatic heterocycles. The highest BCUT2D eigenvalue weighted by molar-refractivity contribution is 5.98. The molecule has 1 aliphatic carbocycles. The lowest BCUT2D eigenvalue weighted by atomic mass is 9.76. The minimum atomic E-state index is -1.43. The summed E-state index contributed by atoms with van der Waals surface area (Å²) in [6.07, 6.45) is 3.03. The van der Waals surface area contributed by atoms with Crippen LogP contribution < -0.4 is 5.32 Å². The predicted octanol–water partition coefficient (Wildman–Crippen LogP) is 2.12. The van der Waals surface area contributed by atoms with Crippen LogP contribution in [0.25, 0.3) is 0 Å². The van der Waals surface area contributed by atoms with Crippen LogP contribution in [0.15, 0.2) is 12.3 Å². The molecule has 0 spiro atoms. The fourth-order valence-electron chi connectivity index (χ4n) is 2.79. The van der Waals surface area contributed by atoms with E-state index in [0.29, 0.717) is 6.42 Å². The van der Waals surface area contributed by atoms with Gasteiger partial charge in [0.05, 0.1) is 5.56 Å². The highest BCUT2D eigenvalue weighted by Crippen LogP contribution is 2.33. The number of carboxylic acids is 1. The lowest BCUT2D eigenvalue weighted by molar-refractivity contribution is -0.146. The number of aliphatic carboxylic acids is 1. The SMILES string of the molecule is CC1CCCC(NC(=O)c2ccnc(F)c2F)(C(=O)O)C1. The Morgan fingerprint density at radius 2 is 2.19 bits per heavy atom. The third kappa shape index (κ3) is 3.01. The Morgan fingerprint density at radius 3 is 2.81 bits per heavy atom. The van der Waals surface area contributed by atoms with Gasteiger partial charge in [-0.25, -0.2) is 14.2 Å². The number of aromatic nitrogens is 1. The van der Waals surface area contributed by atoms with E-state index in [-0.39, 0.29) is 18.8 Å². The van der Waals surface area contributed by atoms with Crippen LogP contribution in [-0.4, -0.2) is 27.5 Å². The molecular formula is C14H16F2N2O3. The summed E-state index contributed by atoms with van der Waals surface area (Å²) in [7, 11) is 0. The second-order valence-electron chi connectivity index (χ2n) is 5.51. The van der Waals surface area contributed by atoms with Crippen LogP contribution in [0.3, 0.4) is 0 Å². The molecule has 0 bridgehead atoms. The molecule has 1 fully saturated rings. The topological polar surface area (TPSA) is 79.3 Å². The number of carbonyl (C=O) groups is 2. The molecule has 2 atom stereocenters. The molecule has 2 unspecified atom stereocenters. The van der Waals surface area contributed by atoms with E-state index in [2.05, 4.69) is 10.3 Å². The van der Waals surface area contributed by atoms with Crippen LogP contribution in [-0.2, 0) is 4.79 Å². The summed E-state index contributed by atoms with van der Waals surface area (Å²) >= 11 is 0. The summed E-state index contributed by atoms with van der Waals surface area (Å²) in [5, 5.41) is 11.8. The van der Waals surface area contributed by atoms with Crippen LogP contribution in [0.1, 0.15) is 43.0 Å². The largest absolute Gasteiger partial charge is 0.480 e. The average Bonchev–Trinajstić information content (AvgIpc) is 2.41. The molecule has 2 rings (SSSR count). The van der Waals surface area contributed by atoms with Crippen molar-refractivity contribution < 1.29 is 23.5 Å². The maximum atomic E-state index is 13.6. The maximum Gasteiger partial charge on any atom is 0.329 e. The van der Waals surface area contributed by atoms with Crippen molar-refractivity contribution in [2.24, 2.45) is 5.92 Å². The van der Waals surface area contributed by atoms with Gasteiger partial charge in [0.25, 0.3) is 5.91 Å². The summed E-state index contributed by atoms with van der Waals surface area (Å²) in [6.45, 7) is 1.90. The van der Waals surface area contributed by atoms with Gasteiger partial charge in [-0.2, -0.15) is 4.39 Å². The zero-order chi connectivity index (χ0) is 15.6. The number of halogens is 2. The Kier molecular flexibility index (Phi) is 4.20. The number of rotatable bonds is 3. The highest BCUT2D eigenvalue weighted by Gasteiger charge is 2.43. The van der Waals surface area contributed by atoms with E-state index in [9.17, 15) is 23.5 Å². The summed E-state index contributed by atoms with van der Waals surface area (Å²) in [5.41, 5.74) is -1.97. The molecular weight excluding hydrogens is 282 g/mol. The van der Waals surface area contributed by atoms with Crippen molar-refractivity contribution in [3.63, 3.8) is 0 Å². The average molecular weight is 298 g/mol. The van der Waals surface area contributed by atoms with E-state index in [1.54, 1.807) is 0 Å². The molecule has 1 aliphatic rings. The van der Waals surface area contributed by atoms with Gasteiger partial charge in [-0.3, -0.25) is 4.79 Å². The van der Waals surface area contributed by atoms with Crippen molar-refractivity contribution in [1.82, 2.24) is 10.3 Å². The second-order valence-corrected chi connectivity index (χ2v) is 5.51. The van der Waals surface area contributed by atoms with Gasteiger partial charge >= 0.3 is 5.97 Å². The third-order valence-electron chi connectivity index (χ3n) is 3.85. The fourth-order valence-corrected chi connectivity index (χ4v) is 2.79. The molecule has 114 valence electrons. The van der Waals surface area contributed by atoms with Crippen molar-refractivity contribution in [1.29, 1.82) is 0 Å². The number of nitrogens with one attached hydrogen (secondary N) is 1. The lowest BCUT2D eigenvalue weighted by Gasteiger charge is -2.37. The van der Waals surface area contributed by atoms with Gasteiger partial charge < -0.3 is 10.4 Å². The first-order valence-corrected chi connectivity index (χ1v) is 6.71. The normalized spacial score (nSPS) is 25.4. The molecule has 7 heteroatoms. The Hall–Kier alpha value is -2.05. The summed E-state index contributed by atoms with van der Waals surface area (Å²) in [6, 6.07) is 1.02. The van der Waals surface area contributed by atoms with Gasteiger partial charge in [-0.1, -0.05) is 19.8 Å². The first kappa shape index (κ1) is 15.3. The van der Waals surface area contributed by atoms with E-state index in [1.165, 1.54) is 0 Å². The second kappa shape index (κ2) is 5.75. The molecule has 1 aromatic heterocycles. The Labute approximate surface area is 120 Å². The minimum Gasteiger partial charge on any atom is -0.480 e. The quantitative estimate of drug-likeness (QED) is 0.838. The van der Waals surface area contributed by atoms with E-state index in [0.717, 1.165) is 18.7 Å². The van der Waals surface area contributed by atoms with Crippen molar-refractivity contribution in [2.45, 2.75) is 38.1 Å². The van der Waals surface area contributed by atoms with Gasteiger partial charge in [0, 0.05) is 6.20 Å². The van der Waals surface area contributed by atoms with Crippen molar-refractivity contribution in [3.05, 3.63) is 29.6 Å². The number of carbonyl (C=O) groups excluding carboxylic acids is 1. The van der Waals surface area contributed by atoms with Gasteiger partial charge in [0.1, 0.15) is 5.54 Å². The number of amides is 1. The van der Waals surface area contributed by atoms with Crippen LogP contribution in [0, 0.1) is 17.7 Å². The van der Waals surface area contributed by atoms with Gasteiger partial charge in [0.2, 0.25) is 5.95 Å². The minimum absolute atomic E-state index is 0.133. The van der Waals surface area contributed by atoms with E-state index < -0.39 is 34.7 Å². The standard InChI is InChI=1S/C14H16F2N2O3/c1-8-3-2-5-14(7-8,13(20)21)18-12(19)9-4-6-17-11(16)10(9)15/h4,6,8H,2-3,5,7H2,1H3,(H,18,19)(H,20,21). The molecule has 1 aromatic rings. The summed E-state index contributed by atoms with van der Waals surface area (Å²) in [4.78, 5) is 26.7. The molecule has 5 nitrogen and oxygen atoms in total. The smallest absolute Gasteiger partial charge is 0.329 e. The monoisotopic (exact) mass is 298 g/mol. The zero-order valence-electron chi connectivity index (χ0n) is 11.5. The number of pyridine rings is 1. The van der Waals surface area contributed by atoms with Crippen LogP contribution in [0.2, 0.25) is 0 Å². The summed E-state index contributed by atoms with van der Waals surface area (Å²) < 4.78 is 26.6. The molecule has 2 N–H and O–H groups in total. The first-order valence-electron chi connectivity index (χ1n) is 6.71. The molecule has 1 amide bonds. The lowest BCUT2D eigenvalue weighted by Crippen LogP contribution is -2.57. The Balaban J connectivity index is 2.27. The molecule has 1 saturated carbocycles. The van der Waals surface area contributed by atoms with Gasteiger partial charge in [0.15, 0.2) is 5.82 Å². The zero-order valence-corrected chi connectivity index (χ0v) is 11.5. The molecule has 0 radical (unpaired) electrons. The number of hydrogen-bond donors (Lipinski definition) is 2.